The molecule has 0 aliphatic carbocycles. The summed E-state index contributed by atoms with van der Waals surface area (Å²) in [6.07, 6.45) is 1.97. The summed E-state index contributed by atoms with van der Waals surface area (Å²) in [6, 6.07) is 4.83. The molecule has 102 valence electrons. The Kier molecular flexibility index (Phi) is 3.55. The smallest absolute Gasteiger partial charge is 0.337 e. The number of hydrogen-bond acceptors (Lipinski definition) is 4. The van der Waals surface area contributed by atoms with Crippen LogP contribution in [0, 0.1) is 0 Å². The highest BCUT2D eigenvalue weighted by atomic mass is 16.4. The van der Waals surface area contributed by atoms with Crippen LogP contribution in [0.1, 0.15) is 23.7 Å². The molecule has 6 nitrogen and oxygen atoms in total. The number of rotatable bonds is 5. The standard InChI is InChI=1S/C13H16N2O4/c1-2-13(6-16,7-17)15-8-14-11-9(12(18)19)4-3-5-10(11)15/h3-5,8,16-17H,2,6-7H2,1H3,(H,18,19). The lowest BCUT2D eigenvalue weighted by Crippen LogP contribution is -2.40. The van der Waals surface area contributed by atoms with E-state index in [4.69, 9.17) is 5.11 Å². The number of imidazole rings is 1. The zero-order valence-electron chi connectivity index (χ0n) is 10.6. The number of hydrogen-bond donors (Lipinski definition) is 3. The molecule has 0 unspecified atom stereocenters. The van der Waals surface area contributed by atoms with E-state index in [1.165, 1.54) is 12.4 Å². The van der Waals surface area contributed by atoms with Gasteiger partial charge in [0.2, 0.25) is 0 Å². The first kappa shape index (κ1) is 13.5. The number of benzene rings is 1. The minimum atomic E-state index is -1.05. The largest absolute Gasteiger partial charge is 0.478 e. The predicted molar refractivity (Wildman–Crippen MR) is 69.1 cm³/mol. The Hall–Kier alpha value is -1.92. The number of carboxylic acid groups (broad SMARTS) is 1. The van der Waals surface area contributed by atoms with Gasteiger partial charge in [-0.1, -0.05) is 13.0 Å². The maximum atomic E-state index is 11.1. The van der Waals surface area contributed by atoms with Gasteiger partial charge in [0.05, 0.1) is 36.2 Å². The fourth-order valence-corrected chi connectivity index (χ4v) is 2.19. The SMILES string of the molecule is CCC(CO)(CO)n1cnc2c(C(=O)O)cccc21. The van der Waals surface area contributed by atoms with Crippen LogP contribution in [0.25, 0.3) is 11.0 Å². The predicted octanol–water partition coefficient (Wildman–Crippen LogP) is 0.824. The summed E-state index contributed by atoms with van der Waals surface area (Å²) in [5, 5.41) is 28.2. The van der Waals surface area contributed by atoms with Crippen LogP contribution in [0.4, 0.5) is 0 Å². The van der Waals surface area contributed by atoms with Crippen LogP contribution in [0.5, 0.6) is 0 Å². The third-order valence-electron chi connectivity index (χ3n) is 3.56. The second-order valence-electron chi connectivity index (χ2n) is 4.49. The van der Waals surface area contributed by atoms with Gasteiger partial charge in [-0.2, -0.15) is 0 Å². The van der Waals surface area contributed by atoms with Gasteiger partial charge < -0.3 is 19.9 Å². The van der Waals surface area contributed by atoms with E-state index in [-0.39, 0.29) is 18.8 Å². The van der Waals surface area contributed by atoms with E-state index in [1.807, 2.05) is 6.92 Å². The Morgan fingerprint density at radius 2 is 2.05 bits per heavy atom. The molecule has 19 heavy (non-hydrogen) atoms. The van der Waals surface area contributed by atoms with Crippen LogP contribution in [-0.4, -0.2) is 44.1 Å². The average molecular weight is 264 g/mol. The van der Waals surface area contributed by atoms with Crippen molar-refractivity contribution in [2.24, 2.45) is 0 Å². The summed E-state index contributed by atoms with van der Waals surface area (Å²) in [5.41, 5.74) is 0.183. The molecular formula is C13H16N2O4. The Morgan fingerprint density at radius 1 is 1.37 bits per heavy atom. The van der Waals surface area contributed by atoms with Crippen LogP contribution < -0.4 is 0 Å². The lowest BCUT2D eigenvalue weighted by molar-refractivity contribution is 0.0628. The van der Waals surface area contributed by atoms with Gasteiger partial charge in [-0.15, -0.1) is 0 Å². The number of nitrogens with zero attached hydrogens (tertiary/aromatic N) is 2. The van der Waals surface area contributed by atoms with Crippen molar-refractivity contribution in [1.82, 2.24) is 9.55 Å². The Balaban J connectivity index is 2.70. The van der Waals surface area contributed by atoms with Gasteiger partial charge in [0, 0.05) is 0 Å². The first-order valence-corrected chi connectivity index (χ1v) is 6.01. The third kappa shape index (κ3) is 1.98. The number of fused-ring (bicyclic) bond motifs is 1. The second-order valence-corrected chi connectivity index (χ2v) is 4.49. The van der Waals surface area contributed by atoms with Gasteiger partial charge in [-0.3, -0.25) is 0 Å². The molecule has 0 saturated carbocycles. The molecule has 1 aromatic carbocycles. The molecule has 0 fully saturated rings. The van der Waals surface area contributed by atoms with Crippen LogP contribution in [0.3, 0.4) is 0 Å². The molecule has 0 atom stereocenters. The molecule has 2 aromatic rings. The van der Waals surface area contributed by atoms with Crippen molar-refractivity contribution in [2.75, 3.05) is 13.2 Å². The maximum absolute atomic E-state index is 11.1. The van der Waals surface area contributed by atoms with Crippen molar-refractivity contribution in [3.63, 3.8) is 0 Å². The van der Waals surface area contributed by atoms with E-state index in [9.17, 15) is 15.0 Å². The number of aromatic nitrogens is 2. The minimum absolute atomic E-state index is 0.108. The van der Waals surface area contributed by atoms with Gasteiger partial charge in [-0.05, 0) is 18.6 Å². The normalized spacial score (nSPS) is 11.9. The average Bonchev–Trinajstić information content (AvgIpc) is 2.86. The summed E-state index contributed by atoms with van der Waals surface area (Å²) in [6.45, 7) is 1.35. The number of carboxylic acids is 1. The number of aromatic carboxylic acids is 1. The van der Waals surface area contributed by atoms with E-state index in [1.54, 1.807) is 16.7 Å². The number of carbonyl (C=O) groups is 1. The van der Waals surface area contributed by atoms with Gasteiger partial charge in [-0.25, -0.2) is 9.78 Å². The molecule has 0 bridgehead atoms. The summed E-state index contributed by atoms with van der Waals surface area (Å²) in [7, 11) is 0. The summed E-state index contributed by atoms with van der Waals surface area (Å²) in [5.74, 6) is -1.05. The molecule has 6 heteroatoms. The van der Waals surface area contributed by atoms with Crippen LogP contribution in [0.2, 0.25) is 0 Å². The van der Waals surface area contributed by atoms with Crippen LogP contribution >= 0.6 is 0 Å². The highest BCUT2D eigenvalue weighted by Gasteiger charge is 2.30. The first-order valence-electron chi connectivity index (χ1n) is 6.01. The van der Waals surface area contributed by atoms with Gasteiger partial charge in [0.15, 0.2) is 0 Å². The number of aliphatic hydroxyl groups is 2. The fourth-order valence-electron chi connectivity index (χ4n) is 2.19. The van der Waals surface area contributed by atoms with E-state index in [0.717, 1.165) is 0 Å². The first-order chi connectivity index (χ1) is 9.09. The van der Waals surface area contributed by atoms with E-state index in [0.29, 0.717) is 17.5 Å². The summed E-state index contributed by atoms with van der Waals surface area (Å²) < 4.78 is 1.65. The lowest BCUT2D eigenvalue weighted by Gasteiger charge is -2.30. The van der Waals surface area contributed by atoms with Gasteiger partial charge in [0.1, 0.15) is 5.52 Å². The minimum Gasteiger partial charge on any atom is -0.478 e. The Bertz CT molecular complexity index is 593. The quantitative estimate of drug-likeness (QED) is 0.743. The van der Waals surface area contributed by atoms with E-state index >= 15 is 0 Å². The van der Waals surface area contributed by atoms with Crippen molar-refractivity contribution < 1.29 is 20.1 Å². The Labute approximate surface area is 109 Å². The summed E-state index contributed by atoms with van der Waals surface area (Å²) >= 11 is 0. The molecule has 3 N–H and O–H groups in total. The third-order valence-corrected chi connectivity index (χ3v) is 3.56. The van der Waals surface area contributed by atoms with E-state index < -0.39 is 11.5 Å². The topological polar surface area (TPSA) is 95.6 Å². The van der Waals surface area contributed by atoms with E-state index in [2.05, 4.69) is 4.98 Å². The number of para-hydroxylation sites is 1. The van der Waals surface area contributed by atoms with Gasteiger partial charge in [0.25, 0.3) is 0 Å². The van der Waals surface area contributed by atoms with Crippen molar-refractivity contribution in [2.45, 2.75) is 18.9 Å². The van der Waals surface area contributed by atoms with Gasteiger partial charge >= 0.3 is 5.97 Å². The van der Waals surface area contributed by atoms with Crippen LogP contribution in [0.15, 0.2) is 24.5 Å². The van der Waals surface area contributed by atoms with Crippen molar-refractivity contribution in [3.8, 4) is 0 Å². The molecular weight excluding hydrogens is 248 g/mol. The lowest BCUT2D eigenvalue weighted by atomic mass is 9.97. The molecule has 0 spiro atoms. The zero-order valence-corrected chi connectivity index (χ0v) is 10.6. The fraction of sp³-hybridized carbons (Fsp3) is 0.385. The highest BCUT2D eigenvalue weighted by Crippen LogP contribution is 2.27. The number of aliphatic hydroxyl groups excluding tert-OH is 2. The van der Waals surface area contributed by atoms with Crippen molar-refractivity contribution >= 4 is 17.0 Å². The maximum Gasteiger partial charge on any atom is 0.337 e. The molecule has 1 aromatic heterocycles. The summed E-state index contributed by atoms with van der Waals surface area (Å²) in [4.78, 5) is 15.2. The van der Waals surface area contributed by atoms with Crippen molar-refractivity contribution in [3.05, 3.63) is 30.1 Å². The zero-order chi connectivity index (χ0) is 14.0. The highest BCUT2D eigenvalue weighted by molar-refractivity contribution is 6.00. The Morgan fingerprint density at radius 3 is 2.58 bits per heavy atom. The molecule has 0 amide bonds. The second kappa shape index (κ2) is 4.99. The molecule has 2 rings (SSSR count). The molecule has 0 radical (unpaired) electrons. The molecule has 0 aliphatic heterocycles. The molecule has 1 heterocycles. The molecule has 0 aliphatic rings. The molecule has 0 saturated heterocycles. The van der Waals surface area contributed by atoms with Crippen LogP contribution in [-0.2, 0) is 5.54 Å². The monoisotopic (exact) mass is 264 g/mol. The van der Waals surface area contributed by atoms with Crippen molar-refractivity contribution in [1.29, 1.82) is 0 Å².